The Morgan fingerprint density at radius 3 is 2.56 bits per heavy atom. The van der Waals surface area contributed by atoms with Crippen LogP contribution in [0.3, 0.4) is 0 Å². The highest BCUT2D eigenvalue weighted by molar-refractivity contribution is 5.97. The first-order valence-corrected chi connectivity index (χ1v) is 8.97. The zero-order valence-corrected chi connectivity index (χ0v) is 16.0. The molecule has 0 aliphatic carbocycles. The molecule has 7 nitrogen and oxygen atoms in total. The molecule has 8 heteroatoms. The maximum absolute atomic E-state index is 13.3. The molecule has 1 aromatic carbocycles. The van der Waals surface area contributed by atoms with Crippen molar-refractivity contribution >= 4 is 17.8 Å². The van der Waals surface area contributed by atoms with Crippen LogP contribution < -0.4 is 5.32 Å². The second-order valence-corrected chi connectivity index (χ2v) is 6.71. The summed E-state index contributed by atoms with van der Waals surface area (Å²) in [5, 5.41) is 7.39. The number of nitrogens with zero attached hydrogens (tertiary/aromatic N) is 4. The lowest BCUT2D eigenvalue weighted by atomic mass is 10.0. The van der Waals surface area contributed by atoms with Gasteiger partial charge in [0.25, 0.3) is 0 Å². The van der Waals surface area contributed by atoms with E-state index in [0.717, 1.165) is 16.8 Å². The topological polar surface area (TPSA) is 70.5 Å². The van der Waals surface area contributed by atoms with Gasteiger partial charge in [-0.1, -0.05) is 19.1 Å². The largest absolute Gasteiger partial charge is 0.342 e. The zero-order valence-electron chi connectivity index (χ0n) is 16.0. The number of anilines is 1. The Kier molecular flexibility index (Phi) is 5.16. The van der Waals surface area contributed by atoms with Crippen molar-refractivity contribution in [3.8, 4) is 11.1 Å². The average Bonchev–Trinajstić information content (AvgIpc) is 2.96. The summed E-state index contributed by atoms with van der Waals surface area (Å²) in [6, 6.07) is 5.23. The third kappa shape index (κ3) is 3.51. The number of likely N-dealkylation sites (N-methyl/N-ethyl adjacent to an activating group) is 1. The maximum Gasteiger partial charge on any atom is 0.323 e. The van der Waals surface area contributed by atoms with E-state index in [9.17, 15) is 14.0 Å². The molecule has 1 aromatic heterocycles. The minimum atomic E-state index is -0.531. The lowest BCUT2D eigenvalue weighted by Gasteiger charge is -2.37. The highest BCUT2D eigenvalue weighted by atomic mass is 19.1. The van der Waals surface area contributed by atoms with Gasteiger partial charge in [0.1, 0.15) is 17.7 Å². The van der Waals surface area contributed by atoms with Crippen LogP contribution in [-0.2, 0) is 18.3 Å². The number of amides is 3. The molecule has 1 atom stereocenters. The molecule has 2 aromatic rings. The fourth-order valence-corrected chi connectivity index (χ4v) is 3.35. The number of halogens is 1. The predicted molar refractivity (Wildman–Crippen MR) is 101 cm³/mol. The van der Waals surface area contributed by atoms with Crippen molar-refractivity contribution in [2.75, 3.05) is 25.5 Å². The molecule has 0 bridgehead atoms. The Hall–Kier alpha value is -2.90. The Balaban J connectivity index is 1.93. The average molecular weight is 373 g/mol. The van der Waals surface area contributed by atoms with Gasteiger partial charge in [-0.25, -0.2) is 9.18 Å². The lowest BCUT2D eigenvalue weighted by molar-refractivity contribution is -0.137. The minimum Gasteiger partial charge on any atom is -0.342 e. The number of hydrogen-bond acceptors (Lipinski definition) is 3. The molecule has 3 rings (SSSR count). The van der Waals surface area contributed by atoms with Gasteiger partial charge < -0.3 is 9.80 Å². The number of hydrogen-bond donors (Lipinski definition) is 1. The molecule has 0 radical (unpaired) electrons. The van der Waals surface area contributed by atoms with Crippen molar-refractivity contribution in [2.45, 2.75) is 26.3 Å². The van der Waals surface area contributed by atoms with Crippen LogP contribution in [0.25, 0.3) is 11.1 Å². The predicted octanol–water partition coefficient (Wildman–Crippen LogP) is 2.48. The highest BCUT2D eigenvalue weighted by Gasteiger charge is 2.33. The number of carbonyl (C=O) groups is 2. The first-order chi connectivity index (χ1) is 12.8. The van der Waals surface area contributed by atoms with Crippen LogP contribution in [0.4, 0.5) is 15.0 Å². The molecule has 2 heterocycles. The molecular weight excluding hydrogens is 349 g/mol. The smallest absolute Gasteiger partial charge is 0.323 e. The van der Waals surface area contributed by atoms with Crippen LogP contribution in [0.1, 0.15) is 19.5 Å². The van der Waals surface area contributed by atoms with E-state index in [1.54, 1.807) is 42.7 Å². The second kappa shape index (κ2) is 7.38. The van der Waals surface area contributed by atoms with Gasteiger partial charge in [-0.2, -0.15) is 5.10 Å². The Morgan fingerprint density at radius 2 is 1.93 bits per heavy atom. The van der Waals surface area contributed by atoms with Gasteiger partial charge in [0.05, 0.1) is 5.69 Å². The molecule has 1 aliphatic heterocycles. The van der Waals surface area contributed by atoms with Gasteiger partial charge in [0.2, 0.25) is 5.91 Å². The summed E-state index contributed by atoms with van der Waals surface area (Å²) in [5.74, 6) is 0.118. The minimum absolute atomic E-state index is 0.0885. The fraction of sp³-hybridized carbons (Fsp3) is 0.421. The highest BCUT2D eigenvalue weighted by Crippen LogP contribution is 2.32. The summed E-state index contributed by atoms with van der Waals surface area (Å²) in [6.07, 6.45) is 0.666. The van der Waals surface area contributed by atoms with Crippen LogP contribution in [-0.4, -0.2) is 57.7 Å². The number of piperazine rings is 1. The molecule has 0 saturated carbocycles. The van der Waals surface area contributed by atoms with E-state index in [4.69, 9.17) is 0 Å². The maximum atomic E-state index is 13.3. The van der Waals surface area contributed by atoms with E-state index in [0.29, 0.717) is 25.3 Å². The summed E-state index contributed by atoms with van der Waals surface area (Å²) in [7, 11) is 3.48. The summed E-state index contributed by atoms with van der Waals surface area (Å²) < 4.78 is 14.9. The standard InChI is InChI=1S/C19H24FN5O2/c1-5-15-16(13-6-8-14(20)9-7-13)17(24(4)22-15)21-19(27)25-11-10-23(3)18(26)12(25)2/h6-9,12H,5,10-11H2,1-4H3,(H,21,27)/t12-/m0/s1. The molecule has 1 N–H and O–H groups in total. The monoisotopic (exact) mass is 373 g/mol. The molecule has 3 amide bonds. The molecule has 1 aliphatic rings. The van der Waals surface area contributed by atoms with Gasteiger partial charge in [0.15, 0.2) is 0 Å². The van der Waals surface area contributed by atoms with Crippen molar-refractivity contribution in [2.24, 2.45) is 7.05 Å². The van der Waals surface area contributed by atoms with E-state index in [2.05, 4.69) is 10.4 Å². The number of aromatic nitrogens is 2. The molecule has 0 unspecified atom stereocenters. The Bertz CT molecular complexity index is 862. The van der Waals surface area contributed by atoms with Gasteiger partial charge in [-0.05, 0) is 31.0 Å². The lowest BCUT2D eigenvalue weighted by Crippen LogP contribution is -2.57. The van der Waals surface area contributed by atoms with E-state index in [1.807, 2.05) is 6.92 Å². The number of nitrogens with one attached hydrogen (secondary N) is 1. The van der Waals surface area contributed by atoms with Gasteiger partial charge in [0, 0.05) is 32.7 Å². The summed E-state index contributed by atoms with van der Waals surface area (Å²) in [6.45, 7) is 4.65. The number of urea groups is 1. The van der Waals surface area contributed by atoms with E-state index in [1.165, 1.54) is 17.0 Å². The van der Waals surface area contributed by atoms with Crippen molar-refractivity contribution in [1.29, 1.82) is 0 Å². The Morgan fingerprint density at radius 1 is 1.26 bits per heavy atom. The van der Waals surface area contributed by atoms with Crippen LogP contribution in [0, 0.1) is 5.82 Å². The van der Waals surface area contributed by atoms with Crippen molar-refractivity contribution < 1.29 is 14.0 Å². The summed E-state index contributed by atoms with van der Waals surface area (Å²) in [4.78, 5) is 28.2. The number of carbonyl (C=O) groups excluding carboxylic acids is 2. The van der Waals surface area contributed by atoms with E-state index in [-0.39, 0.29) is 17.8 Å². The van der Waals surface area contributed by atoms with Crippen LogP contribution in [0.15, 0.2) is 24.3 Å². The van der Waals surface area contributed by atoms with Crippen LogP contribution in [0.5, 0.6) is 0 Å². The number of benzene rings is 1. The van der Waals surface area contributed by atoms with E-state index < -0.39 is 6.04 Å². The molecule has 144 valence electrons. The van der Waals surface area contributed by atoms with E-state index >= 15 is 0 Å². The molecular formula is C19H24FN5O2. The number of aryl methyl sites for hydroxylation is 2. The number of rotatable bonds is 3. The molecule has 0 spiro atoms. The second-order valence-electron chi connectivity index (χ2n) is 6.71. The van der Waals surface area contributed by atoms with Crippen LogP contribution >= 0.6 is 0 Å². The molecule has 1 fully saturated rings. The SMILES string of the molecule is CCc1nn(C)c(NC(=O)N2CCN(C)C(=O)[C@@H]2C)c1-c1ccc(F)cc1. The van der Waals surface area contributed by atoms with Crippen molar-refractivity contribution in [3.63, 3.8) is 0 Å². The first kappa shape index (κ1) is 18.9. The quantitative estimate of drug-likeness (QED) is 0.899. The third-order valence-corrected chi connectivity index (χ3v) is 4.95. The zero-order chi connectivity index (χ0) is 19.7. The Labute approximate surface area is 157 Å². The van der Waals surface area contributed by atoms with Gasteiger partial charge in [-0.15, -0.1) is 0 Å². The first-order valence-electron chi connectivity index (χ1n) is 8.97. The third-order valence-electron chi connectivity index (χ3n) is 4.95. The summed E-state index contributed by atoms with van der Waals surface area (Å²) in [5.41, 5.74) is 2.35. The summed E-state index contributed by atoms with van der Waals surface area (Å²) >= 11 is 0. The van der Waals surface area contributed by atoms with Crippen molar-refractivity contribution in [1.82, 2.24) is 19.6 Å². The van der Waals surface area contributed by atoms with Crippen molar-refractivity contribution in [3.05, 3.63) is 35.8 Å². The normalized spacial score (nSPS) is 17.4. The van der Waals surface area contributed by atoms with Crippen LogP contribution in [0.2, 0.25) is 0 Å². The van der Waals surface area contributed by atoms with Gasteiger partial charge >= 0.3 is 6.03 Å². The molecule has 1 saturated heterocycles. The van der Waals surface area contributed by atoms with Gasteiger partial charge in [-0.3, -0.25) is 14.8 Å². The fourth-order valence-electron chi connectivity index (χ4n) is 3.35. The molecule has 27 heavy (non-hydrogen) atoms.